The fraction of sp³-hybridized carbons (Fsp3) is 0.333. The van der Waals surface area contributed by atoms with Crippen molar-refractivity contribution in [2.24, 2.45) is 0 Å². The average Bonchev–Trinajstić information content (AvgIpc) is 3.10. The molecule has 1 unspecified atom stereocenters. The Bertz CT molecular complexity index is 967. The van der Waals surface area contributed by atoms with E-state index in [0.717, 1.165) is 35.3 Å². The quantitative estimate of drug-likeness (QED) is 0.525. The Morgan fingerprint density at radius 1 is 1.24 bits per heavy atom. The summed E-state index contributed by atoms with van der Waals surface area (Å²) in [7, 11) is 1.58. The van der Waals surface area contributed by atoms with E-state index in [1.54, 1.807) is 7.11 Å². The lowest BCUT2D eigenvalue weighted by atomic mass is 10.2. The molecule has 0 bridgehead atoms. The first kappa shape index (κ1) is 21.7. The molecule has 2 aromatic heterocycles. The molecule has 0 saturated carbocycles. The number of thioether (sulfide) groups is 1. The molecule has 0 aliphatic carbocycles. The highest BCUT2D eigenvalue weighted by atomic mass is 35.5. The largest absolute Gasteiger partial charge is 0.497 e. The number of nitrogens with zero attached hydrogens (tertiary/aromatic N) is 3. The molecule has 2 heterocycles. The van der Waals surface area contributed by atoms with E-state index < -0.39 is 17.8 Å². The van der Waals surface area contributed by atoms with Gasteiger partial charge in [0.15, 0.2) is 10.8 Å². The van der Waals surface area contributed by atoms with Gasteiger partial charge in [-0.2, -0.15) is 13.2 Å². The second-order valence-corrected chi connectivity index (χ2v) is 7.47. The van der Waals surface area contributed by atoms with Crippen LogP contribution in [0.15, 0.2) is 41.7 Å². The highest BCUT2D eigenvalue weighted by molar-refractivity contribution is 7.99. The number of alkyl halides is 3. The van der Waals surface area contributed by atoms with Crippen molar-refractivity contribution in [3.63, 3.8) is 0 Å². The van der Waals surface area contributed by atoms with Crippen LogP contribution < -0.4 is 4.74 Å². The Labute approximate surface area is 173 Å². The molecule has 6 nitrogen and oxygen atoms in total. The number of fused-ring (bicyclic) bond motifs is 1. The lowest BCUT2D eigenvalue weighted by Crippen LogP contribution is -2.18. The van der Waals surface area contributed by atoms with Gasteiger partial charge in [0.2, 0.25) is 0 Å². The van der Waals surface area contributed by atoms with Gasteiger partial charge in [-0.05, 0) is 23.8 Å². The lowest BCUT2D eigenvalue weighted by molar-refractivity contribution is -0.137. The number of aromatic nitrogens is 3. The van der Waals surface area contributed by atoms with Crippen molar-refractivity contribution in [1.29, 1.82) is 0 Å². The molecule has 0 amide bonds. The second-order valence-electron chi connectivity index (χ2n) is 6.08. The molecule has 156 valence electrons. The van der Waals surface area contributed by atoms with Crippen molar-refractivity contribution in [1.82, 2.24) is 14.6 Å². The number of hydrogen-bond donors (Lipinski definition) is 1. The molecule has 0 aliphatic heterocycles. The summed E-state index contributed by atoms with van der Waals surface area (Å²) in [5.74, 6) is 0.900. The Balaban J connectivity index is 1.56. The Morgan fingerprint density at radius 2 is 1.97 bits per heavy atom. The van der Waals surface area contributed by atoms with E-state index in [1.807, 2.05) is 24.3 Å². The van der Waals surface area contributed by atoms with Gasteiger partial charge in [-0.25, -0.2) is 0 Å². The smallest absolute Gasteiger partial charge is 0.417 e. The average molecular weight is 448 g/mol. The van der Waals surface area contributed by atoms with E-state index in [4.69, 9.17) is 21.1 Å². The highest BCUT2D eigenvalue weighted by Gasteiger charge is 2.32. The van der Waals surface area contributed by atoms with Crippen molar-refractivity contribution in [3.05, 3.63) is 52.7 Å². The molecule has 0 saturated heterocycles. The van der Waals surface area contributed by atoms with E-state index in [9.17, 15) is 18.3 Å². The van der Waals surface area contributed by atoms with Gasteiger partial charge in [-0.3, -0.25) is 4.40 Å². The standard InChI is InChI=1S/C18H17ClF3N3O3S/c1-27-14-4-2-11(3-5-14)8-28-9-13(26)10-29-17-24-23-16-15(19)6-12(7-25(16)17)18(20,21)22/h2-7,13,26H,8-10H2,1H3. The topological polar surface area (TPSA) is 68.9 Å². The lowest BCUT2D eigenvalue weighted by Gasteiger charge is -2.11. The zero-order valence-electron chi connectivity index (χ0n) is 15.2. The van der Waals surface area contributed by atoms with Crippen LogP contribution in [0.3, 0.4) is 0 Å². The van der Waals surface area contributed by atoms with Crippen LogP contribution in [0.25, 0.3) is 5.65 Å². The highest BCUT2D eigenvalue weighted by Crippen LogP contribution is 2.33. The number of methoxy groups -OCH3 is 1. The first-order valence-corrected chi connectivity index (χ1v) is 9.77. The van der Waals surface area contributed by atoms with Crippen molar-refractivity contribution >= 4 is 29.0 Å². The molecule has 1 aromatic carbocycles. The first-order valence-electron chi connectivity index (χ1n) is 8.41. The zero-order chi connectivity index (χ0) is 21.0. The predicted octanol–water partition coefficient (Wildman–Crippen LogP) is 4.08. The number of halogens is 4. The third-order valence-electron chi connectivity index (χ3n) is 3.90. The minimum absolute atomic E-state index is 0.0598. The van der Waals surface area contributed by atoms with Crippen LogP contribution in [-0.2, 0) is 17.5 Å². The molecular weight excluding hydrogens is 431 g/mol. The number of aliphatic hydroxyl groups excluding tert-OH is 1. The molecule has 1 N–H and O–H groups in total. The van der Waals surface area contributed by atoms with Crippen LogP contribution in [0.1, 0.15) is 11.1 Å². The van der Waals surface area contributed by atoms with Crippen molar-refractivity contribution < 1.29 is 27.8 Å². The van der Waals surface area contributed by atoms with E-state index in [1.165, 1.54) is 4.40 Å². The van der Waals surface area contributed by atoms with Crippen LogP contribution in [0.2, 0.25) is 5.02 Å². The van der Waals surface area contributed by atoms with Crippen LogP contribution in [-0.4, -0.2) is 45.3 Å². The summed E-state index contributed by atoms with van der Waals surface area (Å²) in [4.78, 5) is 0. The summed E-state index contributed by atoms with van der Waals surface area (Å²) in [6.07, 6.45) is -4.50. The molecule has 0 fully saturated rings. The minimum Gasteiger partial charge on any atom is -0.497 e. The molecule has 1 atom stereocenters. The number of benzene rings is 1. The molecule has 0 radical (unpaired) electrons. The van der Waals surface area contributed by atoms with E-state index in [2.05, 4.69) is 10.2 Å². The van der Waals surface area contributed by atoms with E-state index in [0.29, 0.717) is 6.61 Å². The van der Waals surface area contributed by atoms with Crippen molar-refractivity contribution in [2.75, 3.05) is 19.5 Å². The molecule has 29 heavy (non-hydrogen) atoms. The van der Waals surface area contributed by atoms with Gasteiger partial charge >= 0.3 is 6.18 Å². The van der Waals surface area contributed by atoms with Crippen LogP contribution in [0.5, 0.6) is 5.75 Å². The molecule has 0 spiro atoms. The monoisotopic (exact) mass is 447 g/mol. The van der Waals surface area contributed by atoms with E-state index >= 15 is 0 Å². The fourth-order valence-corrected chi connectivity index (χ4v) is 3.50. The van der Waals surface area contributed by atoms with Gasteiger partial charge in [0.05, 0.1) is 37.0 Å². The first-order chi connectivity index (χ1) is 13.8. The minimum atomic E-state index is -4.54. The summed E-state index contributed by atoms with van der Waals surface area (Å²) in [6, 6.07) is 8.12. The Morgan fingerprint density at radius 3 is 2.62 bits per heavy atom. The van der Waals surface area contributed by atoms with Gasteiger partial charge in [-0.15, -0.1) is 10.2 Å². The van der Waals surface area contributed by atoms with Gasteiger partial charge < -0.3 is 14.6 Å². The normalized spacial score (nSPS) is 13.0. The Hall–Kier alpha value is -2.01. The molecular formula is C18H17ClF3N3O3S. The number of hydrogen-bond acceptors (Lipinski definition) is 6. The zero-order valence-corrected chi connectivity index (χ0v) is 16.8. The molecule has 11 heteroatoms. The van der Waals surface area contributed by atoms with Gasteiger partial charge in [0.1, 0.15) is 5.75 Å². The molecule has 3 rings (SSSR count). The number of rotatable bonds is 8. The summed E-state index contributed by atoms with van der Waals surface area (Å²) < 4.78 is 50.7. The summed E-state index contributed by atoms with van der Waals surface area (Å²) in [6.45, 7) is 0.370. The van der Waals surface area contributed by atoms with Gasteiger partial charge in [-0.1, -0.05) is 35.5 Å². The third-order valence-corrected chi connectivity index (χ3v) is 5.26. The van der Waals surface area contributed by atoms with Gasteiger partial charge in [0, 0.05) is 11.9 Å². The summed E-state index contributed by atoms with van der Waals surface area (Å²) >= 11 is 6.94. The van der Waals surface area contributed by atoms with E-state index in [-0.39, 0.29) is 28.2 Å². The second kappa shape index (κ2) is 9.21. The number of pyridine rings is 1. The SMILES string of the molecule is COc1ccc(COCC(O)CSc2nnc3c(Cl)cc(C(F)(F)F)cn23)cc1. The Kier molecular flexibility index (Phi) is 6.89. The number of ether oxygens (including phenoxy) is 2. The van der Waals surface area contributed by atoms with Crippen LogP contribution in [0.4, 0.5) is 13.2 Å². The van der Waals surface area contributed by atoms with Crippen molar-refractivity contribution in [2.45, 2.75) is 24.0 Å². The summed E-state index contributed by atoms with van der Waals surface area (Å²) in [5, 5.41) is 17.8. The maximum atomic E-state index is 13.0. The predicted molar refractivity (Wildman–Crippen MR) is 102 cm³/mol. The van der Waals surface area contributed by atoms with Crippen LogP contribution in [0, 0.1) is 0 Å². The molecule has 0 aliphatic rings. The molecule has 3 aromatic rings. The fourth-order valence-electron chi connectivity index (χ4n) is 2.44. The van der Waals surface area contributed by atoms with Crippen molar-refractivity contribution in [3.8, 4) is 5.75 Å². The third kappa shape index (κ3) is 5.53. The van der Waals surface area contributed by atoms with Gasteiger partial charge in [0.25, 0.3) is 0 Å². The maximum Gasteiger partial charge on any atom is 0.417 e. The number of aliphatic hydroxyl groups is 1. The van der Waals surface area contributed by atoms with Crippen LogP contribution >= 0.6 is 23.4 Å². The summed E-state index contributed by atoms with van der Waals surface area (Å²) in [5.41, 5.74) is 0.135. The maximum absolute atomic E-state index is 13.0.